The molecule has 1 amide bonds. The number of rotatable bonds is 6. The van der Waals surface area contributed by atoms with Crippen LogP contribution < -0.4 is 0 Å². The summed E-state index contributed by atoms with van der Waals surface area (Å²) in [6.45, 7) is 2.08. The third-order valence-corrected chi connectivity index (χ3v) is 4.94. The van der Waals surface area contributed by atoms with Gasteiger partial charge >= 0.3 is 12.1 Å². The molecule has 3 rings (SSSR count). The molecule has 26 heavy (non-hydrogen) atoms. The lowest BCUT2D eigenvalue weighted by atomic mass is 9.98. The van der Waals surface area contributed by atoms with Crippen LogP contribution in [0, 0.1) is 0 Å². The minimum Gasteiger partial charge on any atom is -0.480 e. The maximum atomic E-state index is 12.4. The molecular formula is C21H23NO4. The summed E-state index contributed by atoms with van der Waals surface area (Å²) in [5.74, 6) is -1.04. The van der Waals surface area contributed by atoms with Crippen molar-refractivity contribution in [3.63, 3.8) is 0 Å². The van der Waals surface area contributed by atoms with Gasteiger partial charge in [-0.2, -0.15) is 0 Å². The second-order valence-corrected chi connectivity index (χ2v) is 6.56. The van der Waals surface area contributed by atoms with Crippen LogP contribution in [0.5, 0.6) is 0 Å². The van der Waals surface area contributed by atoms with Crippen molar-refractivity contribution >= 4 is 12.1 Å². The van der Waals surface area contributed by atoms with Gasteiger partial charge in [-0.05, 0) is 28.7 Å². The summed E-state index contributed by atoms with van der Waals surface area (Å²) in [6, 6.07) is 15.3. The van der Waals surface area contributed by atoms with Gasteiger partial charge < -0.3 is 9.84 Å². The van der Waals surface area contributed by atoms with Crippen LogP contribution in [0.25, 0.3) is 11.1 Å². The van der Waals surface area contributed by atoms with Crippen molar-refractivity contribution in [1.29, 1.82) is 0 Å². The number of likely N-dealkylation sites (N-methyl/N-ethyl adjacent to an activating group) is 1. The highest BCUT2D eigenvalue weighted by Gasteiger charge is 2.31. The molecule has 0 saturated heterocycles. The van der Waals surface area contributed by atoms with Crippen molar-refractivity contribution in [2.24, 2.45) is 0 Å². The number of fused-ring (bicyclic) bond motifs is 3. The summed E-state index contributed by atoms with van der Waals surface area (Å²) in [5.41, 5.74) is 4.58. The van der Waals surface area contributed by atoms with Gasteiger partial charge in [-0.25, -0.2) is 9.59 Å². The summed E-state index contributed by atoms with van der Waals surface area (Å²) in [7, 11) is 1.48. The van der Waals surface area contributed by atoms with E-state index in [2.05, 4.69) is 24.3 Å². The molecule has 0 bridgehead atoms. The van der Waals surface area contributed by atoms with E-state index in [9.17, 15) is 14.7 Å². The van der Waals surface area contributed by atoms with Crippen molar-refractivity contribution in [3.05, 3.63) is 59.7 Å². The lowest BCUT2D eigenvalue weighted by molar-refractivity contribution is -0.142. The highest BCUT2D eigenvalue weighted by atomic mass is 16.6. The molecule has 1 N–H and O–H groups in total. The number of carbonyl (C=O) groups excluding carboxylic acids is 1. The zero-order valence-corrected chi connectivity index (χ0v) is 15.0. The molecule has 0 radical (unpaired) electrons. The maximum absolute atomic E-state index is 12.4. The second kappa shape index (κ2) is 7.60. The van der Waals surface area contributed by atoms with Crippen molar-refractivity contribution < 1.29 is 19.4 Å². The molecule has 5 nitrogen and oxygen atoms in total. The van der Waals surface area contributed by atoms with E-state index in [-0.39, 0.29) is 12.5 Å². The highest BCUT2D eigenvalue weighted by molar-refractivity contribution is 5.81. The smallest absolute Gasteiger partial charge is 0.410 e. The first-order valence-corrected chi connectivity index (χ1v) is 8.85. The Balaban J connectivity index is 1.75. The molecule has 1 unspecified atom stereocenters. The summed E-state index contributed by atoms with van der Waals surface area (Å²) < 4.78 is 5.50. The molecule has 0 fully saturated rings. The Morgan fingerprint density at radius 1 is 1.08 bits per heavy atom. The zero-order chi connectivity index (χ0) is 18.7. The maximum Gasteiger partial charge on any atom is 0.410 e. The van der Waals surface area contributed by atoms with Crippen molar-refractivity contribution in [1.82, 2.24) is 4.90 Å². The Bertz CT molecular complexity index is 772. The van der Waals surface area contributed by atoms with Crippen molar-refractivity contribution in [2.75, 3.05) is 13.7 Å². The monoisotopic (exact) mass is 353 g/mol. The fraction of sp³-hybridized carbons (Fsp3) is 0.333. The minimum absolute atomic E-state index is 0.0331. The second-order valence-electron chi connectivity index (χ2n) is 6.56. The normalized spacial score (nSPS) is 13.6. The van der Waals surface area contributed by atoms with Gasteiger partial charge in [0.05, 0.1) is 0 Å². The van der Waals surface area contributed by atoms with Crippen LogP contribution >= 0.6 is 0 Å². The number of carboxylic acid groups (broad SMARTS) is 1. The van der Waals surface area contributed by atoms with Crippen LogP contribution in [-0.2, 0) is 9.53 Å². The summed E-state index contributed by atoms with van der Waals surface area (Å²) in [4.78, 5) is 24.9. The van der Waals surface area contributed by atoms with E-state index in [1.807, 2.05) is 31.2 Å². The number of ether oxygens (including phenoxy) is 1. The van der Waals surface area contributed by atoms with Crippen LogP contribution in [0.4, 0.5) is 4.79 Å². The molecule has 0 saturated carbocycles. The van der Waals surface area contributed by atoms with Gasteiger partial charge in [0.1, 0.15) is 12.6 Å². The van der Waals surface area contributed by atoms with Gasteiger partial charge in [-0.3, -0.25) is 4.90 Å². The van der Waals surface area contributed by atoms with E-state index >= 15 is 0 Å². The molecule has 5 heteroatoms. The predicted molar refractivity (Wildman–Crippen MR) is 99.2 cm³/mol. The predicted octanol–water partition coefficient (Wildman–Crippen LogP) is 4.12. The molecule has 2 aromatic carbocycles. The number of benzene rings is 2. The summed E-state index contributed by atoms with van der Waals surface area (Å²) in [5, 5.41) is 9.31. The fourth-order valence-corrected chi connectivity index (χ4v) is 3.58. The molecule has 2 aromatic rings. The Morgan fingerprint density at radius 2 is 1.62 bits per heavy atom. The molecule has 1 aliphatic carbocycles. The van der Waals surface area contributed by atoms with Crippen molar-refractivity contribution in [2.45, 2.75) is 31.7 Å². The van der Waals surface area contributed by atoms with E-state index in [1.165, 1.54) is 11.9 Å². The van der Waals surface area contributed by atoms with Crippen LogP contribution in [0.1, 0.15) is 36.8 Å². The first kappa shape index (κ1) is 18.0. The van der Waals surface area contributed by atoms with Gasteiger partial charge in [0.25, 0.3) is 0 Å². The largest absolute Gasteiger partial charge is 0.480 e. The molecule has 136 valence electrons. The van der Waals surface area contributed by atoms with Crippen LogP contribution in [0.2, 0.25) is 0 Å². The lowest BCUT2D eigenvalue weighted by Crippen LogP contribution is -2.42. The Labute approximate surface area is 153 Å². The molecule has 0 aromatic heterocycles. The molecule has 1 atom stereocenters. The summed E-state index contributed by atoms with van der Waals surface area (Å²) in [6.07, 6.45) is 0.473. The number of carboxylic acids is 1. The third kappa shape index (κ3) is 3.29. The molecule has 0 heterocycles. The van der Waals surface area contributed by atoms with E-state index in [0.29, 0.717) is 12.8 Å². The van der Waals surface area contributed by atoms with E-state index in [1.54, 1.807) is 0 Å². The molecule has 0 spiro atoms. The quantitative estimate of drug-likeness (QED) is 0.848. The number of nitrogens with zero attached hydrogens (tertiary/aromatic N) is 1. The van der Waals surface area contributed by atoms with Gasteiger partial charge in [0.2, 0.25) is 0 Å². The van der Waals surface area contributed by atoms with E-state index < -0.39 is 18.1 Å². The van der Waals surface area contributed by atoms with Crippen LogP contribution in [0.15, 0.2) is 48.5 Å². The number of aliphatic carboxylic acids is 1. The average Bonchev–Trinajstić information content (AvgIpc) is 2.97. The summed E-state index contributed by atoms with van der Waals surface area (Å²) >= 11 is 0. The SMILES string of the molecule is CCCC(C(=O)O)N(C)C(=O)OCC1c2ccccc2-c2ccccc21. The Hall–Kier alpha value is -2.82. The van der Waals surface area contributed by atoms with Crippen LogP contribution in [-0.4, -0.2) is 41.8 Å². The third-order valence-electron chi connectivity index (χ3n) is 4.94. The Kier molecular flexibility index (Phi) is 5.26. The molecule has 0 aliphatic heterocycles. The molecule has 1 aliphatic rings. The zero-order valence-electron chi connectivity index (χ0n) is 15.0. The number of hydrogen-bond donors (Lipinski definition) is 1. The first-order valence-electron chi connectivity index (χ1n) is 8.85. The Morgan fingerprint density at radius 3 is 2.12 bits per heavy atom. The topological polar surface area (TPSA) is 66.8 Å². The molecular weight excluding hydrogens is 330 g/mol. The average molecular weight is 353 g/mol. The first-order chi connectivity index (χ1) is 12.5. The number of hydrogen-bond acceptors (Lipinski definition) is 3. The van der Waals surface area contributed by atoms with E-state index in [0.717, 1.165) is 22.3 Å². The van der Waals surface area contributed by atoms with E-state index in [4.69, 9.17) is 4.74 Å². The van der Waals surface area contributed by atoms with Crippen molar-refractivity contribution in [3.8, 4) is 11.1 Å². The van der Waals surface area contributed by atoms with Gasteiger partial charge in [-0.1, -0.05) is 61.9 Å². The fourth-order valence-electron chi connectivity index (χ4n) is 3.58. The minimum atomic E-state index is -1.01. The number of amides is 1. The standard InChI is InChI=1S/C21H23NO4/c1-3-8-19(20(23)24)22(2)21(25)26-13-18-16-11-6-4-9-14(16)15-10-5-7-12-17(15)18/h4-7,9-12,18-19H,3,8,13H2,1-2H3,(H,23,24). The van der Waals surface area contributed by atoms with Gasteiger partial charge in [-0.15, -0.1) is 0 Å². The van der Waals surface area contributed by atoms with Gasteiger partial charge in [0.15, 0.2) is 0 Å². The number of carbonyl (C=O) groups is 2. The lowest BCUT2D eigenvalue weighted by Gasteiger charge is -2.25. The highest BCUT2D eigenvalue weighted by Crippen LogP contribution is 2.44. The van der Waals surface area contributed by atoms with Crippen LogP contribution in [0.3, 0.4) is 0 Å². The van der Waals surface area contributed by atoms with Gasteiger partial charge in [0, 0.05) is 13.0 Å².